The van der Waals surface area contributed by atoms with Crippen LogP contribution in [0.1, 0.15) is 52.9 Å². The summed E-state index contributed by atoms with van der Waals surface area (Å²) in [5.41, 5.74) is -0.900. The molecule has 0 bridgehead atoms. The van der Waals surface area contributed by atoms with E-state index in [1.165, 1.54) is 0 Å². The fourth-order valence-electron chi connectivity index (χ4n) is 5.26. The molecule has 5 heteroatoms. The third kappa shape index (κ3) is 2.40. The molecule has 2 aliphatic heterocycles. The van der Waals surface area contributed by atoms with Crippen molar-refractivity contribution in [2.24, 2.45) is 23.2 Å². The van der Waals surface area contributed by atoms with Crippen molar-refractivity contribution in [3.05, 3.63) is 0 Å². The molecular formula is C18H26O5. The largest absolute Gasteiger partial charge is 0.352 e. The average molecular weight is 322 g/mol. The zero-order valence-corrected chi connectivity index (χ0v) is 14.2. The normalized spacial score (nSPS) is 42.0. The van der Waals surface area contributed by atoms with Crippen molar-refractivity contribution in [3.63, 3.8) is 0 Å². The zero-order valence-electron chi connectivity index (χ0n) is 14.2. The molecule has 1 aliphatic carbocycles. The predicted octanol–water partition coefficient (Wildman–Crippen LogP) is 2.31. The zero-order chi connectivity index (χ0) is 16.8. The summed E-state index contributed by atoms with van der Waals surface area (Å²) in [5, 5.41) is 0. The summed E-state index contributed by atoms with van der Waals surface area (Å²) >= 11 is 0. The van der Waals surface area contributed by atoms with Gasteiger partial charge in [0.15, 0.2) is 6.29 Å². The number of hydrogen-bond donors (Lipinski definition) is 0. The van der Waals surface area contributed by atoms with Crippen molar-refractivity contribution in [2.75, 3.05) is 6.61 Å². The van der Waals surface area contributed by atoms with Crippen molar-refractivity contribution < 1.29 is 23.9 Å². The molecule has 2 saturated heterocycles. The molecule has 0 aromatic heterocycles. The van der Waals surface area contributed by atoms with E-state index in [-0.39, 0.29) is 36.2 Å². The summed E-state index contributed by atoms with van der Waals surface area (Å²) in [6.45, 7) is 6.48. The van der Waals surface area contributed by atoms with Gasteiger partial charge in [0.05, 0.1) is 5.60 Å². The van der Waals surface area contributed by atoms with Gasteiger partial charge in [-0.3, -0.25) is 9.59 Å². The lowest BCUT2D eigenvalue weighted by Gasteiger charge is -2.51. The van der Waals surface area contributed by atoms with Gasteiger partial charge >= 0.3 is 0 Å². The number of ketones is 2. The van der Waals surface area contributed by atoms with Gasteiger partial charge in [0.25, 0.3) is 0 Å². The highest BCUT2D eigenvalue weighted by atomic mass is 16.7. The maximum Gasteiger partial charge on any atom is 0.164 e. The Kier molecular flexibility index (Phi) is 4.21. The minimum atomic E-state index is -0.478. The number of ether oxygens (including phenoxy) is 2. The standard InChI is InChI=1S/C18H26O5/c1-11-13(21)10-14-17(2,3)23-16-18(14,7-5-9-22-16)15(11)12(20)6-4-8-19/h8,11,14-16H,4-7,9-10H2,1-3H3/t11-,14-,15+,16-,18+/m0/s1. The molecule has 3 aliphatic rings. The monoisotopic (exact) mass is 322 g/mol. The van der Waals surface area contributed by atoms with E-state index in [9.17, 15) is 14.4 Å². The number of carbonyl (C=O) groups excluding carboxylic acids is 3. The fourth-order valence-corrected chi connectivity index (χ4v) is 5.26. The molecule has 128 valence electrons. The van der Waals surface area contributed by atoms with E-state index < -0.39 is 23.2 Å². The summed E-state index contributed by atoms with van der Waals surface area (Å²) in [6, 6.07) is 0. The first-order valence-electron chi connectivity index (χ1n) is 8.63. The second-order valence-electron chi connectivity index (χ2n) is 7.80. The SMILES string of the molecule is C[C@H]1C(=O)C[C@H]2C(C)(C)O[C@@H]3OCCC[C@@]32[C@H]1C(=O)CCC=O. The number of carbonyl (C=O) groups is 3. The van der Waals surface area contributed by atoms with Crippen molar-refractivity contribution in [1.29, 1.82) is 0 Å². The molecule has 1 spiro atoms. The predicted molar refractivity (Wildman–Crippen MR) is 82.6 cm³/mol. The first-order valence-corrected chi connectivity index (χ1v) is 8.63. The van der Waals surface area contributed by atoms with Gasteiger partial charge in [0.1, 0.15) is 17.9 Å². The van der Waals surface area contributed by atoms with Crippen LogP contribution in [0.25, 0.3) is 0 Å². The van der Waals surface area contributed by atoms with Crippen LogP contribution >= 0.6 is 0 Å². The molecule has 0 amide bonds. The minimum Gasteiger partial charge on any atom is -0.352 e. The van der Waals surface area contributed by atoms with Gasteiger partial charge in [-0.25, -0.2) is 0 Å². The number of hydrogen-bond acceptors (Lipinski definition) is 5. The summed E-state index contributed by atoms with van der Waals surface area (Å²) in [7, 11) is 0. The molecule has 5 nitrogen and oxygen atoms in total. The highest BCUT2D eigenvalue weighted by Crippen LogP contribution is 2.63. The Balaban J connectivity index is 2.05. The summed E-state index contributed by atoms with van der Waals surface area (Å²) in [6.07, 6.45) is 2.95. The quantitative estimate of drug-likeness (QED) is 0.743. The lowest BCUT2D eigenvalue weighted by Crippen LogP contribution is -2.58. The molecule has 1 saturated carbocycles. The van der Waals surface area contributed by atoms with Crippen LogP contribution in [0.5, 0.6) is 0 Å². The van der Waals surface area contributed by atoms with Crippen LogP contribution in [0.2, 0.25) is 0 Å². The number of Topliss-reactive ketones (excluding diaryl/α,β-unsaturated/α-hetero) is 2. The highest BCUT2D eigenvalue weighted by molar-refractivity contribution is 5.92. The third-order valence-corrected chi connectivity index (χ3v) is 6.21. The molecule has 2 heterocycles. The molecule has 3 fully saturated rings. The first-order chi connectivity index (χ1) is 10.8. The molecule has 0 aromatic rings. The van der Waals surface area contributed by atoms with Crippen LogP contribution in [-0.2, 0) is 23.9 Å². The number of aldehydes is 1. The van der Waals surface area contributed by atoms with Crippen LogP contribution in [0.4, 0.5) is 0 Å². The Bertz CT molecular complexity index is 526. The summed E-state index contributed by atoms with van der Waals surface area (Å²) in [5.74, 6) is -0.588. The second kappa shape index (κ2) is 5.78. The molecule has 0 unspecified atom stereocenters. The van der Waals surface area contributed by atoms with Crippen LogP contribution in [0, 0.1) is 23.2 Å². The van der Waals surface area contributed by atoms with Crippen molar-refractivity contribution >= 4 is 17.9 Å². The first kappa shape index (κ1) is 16.8. The van der Waals surface area contributed by atoms with Crippen LogP contribution in [0.3, 0.4) is 0 Å². The van der Waals surface area contributed by atoms with E-state index in [1.54, 1.807) is 0 Å². The minimum absolute atomic E-state index is 0.00539. The Morgan fingerprint density at radius 1 is 1.39 bits per heavy atom. The maximum absolute atomic E-state index is 12.9. The van der Waals surface area contributed by atoms with Gasteiger partial charge in [-0.1, -0.05) is 6.92 Å². The van der Waals surface area contributed by atoms with E-state index in [4.69, 9.17) is 9.47 Å². The average Bonchev–Trinajstić information content (AvgIpc) is 2.73. The molecule has 23 heavy (non-hydrogen) atoms. The maximum atomic E-state index is 12.9. The smallest absolute Gasteiger partial charge is 0.164 e. The molecule has 0 aromatic carbocycles. The lowest BCUT2D eigenvalue weighted by molar-refractivity contribution is -0.226. The van der Waals surface area contributed by atoms with E-state index in [0.717, 1.165) is 19.1 Å². The van der Waals surface area contributed by atoms with Gasteiger partial charge in [0, 0.05) is 49.0 Å². The topological polar surface area (TPSA) is 69.7 Å². The molecule has 5 atom stereocenters. The van der Waals surface area contributed by atoms with Gasteiger partial charge in [-0.2, -0.15) is 0 Å². The Morgan fingerprint density at radius 3 is 2.83 bits per heavy atom. The molecule has 0 N–H and O–H groups in total. The van der Waals surface area contributed by atoms with Gasteiger partial charge < -0.3 is 14.3 Å². The van der Waals surface area contributed by atoms with E-state index in [2.05, 4.69) is 0 Å². The highest BCUT2D eigenvalue weighted by Gasteiger charge is 2.69. The third-order valence-electron chi connectivity index (χ3n) is 6.21. The Labute approximate surface area is 137 Å². The van der Waals surface area contributed by atoms with E-state index >= 15 is 0 Å². The molecular weight excluding hydrogens is 296 g/mol. The fraction of sp³-hybridized carbons (Fsp3) is 0.833. The van der Waals surface area contributed by atoms with Gasteiger partial charge in [0.2, 0.25) is 0 Å². The van der Waals surface area contributed by atoms with Gasteiger partial charge in [-0.05, 0) is 26.7 Å². The summed E-state index contributed by atoms with van der Waals surface area (Å²) in [4.78, 5) is 36.1. The summed E-state index contributed by atoms with van der Waals surface area (Å²) < 4.78 is 12.1. The molecule has 0 radical (unpaired) electrons. The van der Waals surface area contributed by atoms with Crippen molar-refractivity contribution in [3.8, 4) is 0 Å². The number of rotatable bonds is 4. The van der Waals surface area contributed by atoms with E-state index in [0.29, 0.717) is 13.0 Å². The molecule has 3 rings (SSSR count). The Morgan fingerprint density at radius 2 is 2.13 bits per heavy atom. The van der Waals surface area contributed by atoms with Crippen LogP contribution in [0.15, 0.2) is 0 Å². The van der Waals surface area contributed by atoms with E-state index in [1.807, 2.05) is 20.8 Å². The van der Waals surface area contributed by atoms with Crippen LogP contribution in [-0.4, -0.2) is 36.4 Å². The second-order valence-corrected chi connectivity index (χ2v) is 7.80. The van der Waals surface area contributed by atoms with Gasteiger partial charge in [-0.15, -0.1) is 0 Å². The van der Waals surface area contributed by atoms with Crippen molar-refractivity contribution in [1.82, 2.24) is 0 Å². The lowest BCUT2D eigenvalue weighted by atomic mass is 9.51. The van der Waals surface area contributed by atoms with Crippen molar-refractivity contribution in [2.45, 2.75) is 64.8 Å². The Hall–Kier alpha value is -1.07. The van der Waals surface area contributed by atoms with Crippen LogP contribution < -0.4 is 0 Å².